The molecular formula is C17H15NO6. The van der Waals surface area contributed by atoms with Crippen molar-refractivity contribution in [1.29, 1.82) is 0 Å². The number of nitro benzene ring substituents is 1. The van der Waals surface area contributed by atoms with Crippen molar-refractivity contribution in [3.8, 4) is 5.75 Å². The van der Waals surface area contributed by atoms with Crippen LogP contribution in [0.5, 0.6) is 5.75 Å². The molecule has 2 aromatic carbocycles. The van der Waals surface area contributed by atoms with E-state index in [0.717, 1.165) is 0 Å². The molecule has 24 heavy (non-hydrogen) atoms. The molecule has 7 heteroatoms. The average Bonchev–Trinajstić information content (AvgIpc) is 2.58. The highest BCUT2D eigenvalue weighted by molar-refractivity contribution is 5.97. The number of carbonyl (C=O) groups is 2. The van der Waals surface area contributed by atoms with Crippen molar-refractivity contribution in [3.63, 3.8) is 0 Å². The second-order valence-corrected chi connectivity index (χ2v) is 5.05. The van der Waals surface area contributed by atoms with E-state index in [0.29, 0.717) is 11.1 Å². The zero-order valence-electron chi connectivity index (χ0n) is 12.7. The maximum atomic E-state index is 11.9. The Morgan fingerprint density at radius 1 is 1.00 bits per heavy atom. The lowest BCUT2D eigenvalue weighted by Gasteiger charge is -2.05. The number of esters is 1. The monoisotopic (exact) mass is 329 g/mol. The van der Waals surface area contributed by atoms with Gasteiger partial charge in [0.1, 0.15) is 12.4 Å². The molecule has 0 spiro atoms. The molecule has 2 aromatic rings. The number of phenolic OH excluding ortho intramolecular Hbond substituents is 1. The predicted molar refractivity (Wildman–Crippen MR) is 84.6 cm³/mol. The molecule has 0 bridgehead atoms. The van der Waals surface area contributed by atoms with Gasteiger partial charge in [-0.1, -0.05) is 0 Å². The van der Waals surface area contributed by atoms with Gasteiger partial charge in [-0.15, -0.1) is 0 Å². The Kier molecular flexibility index (Phi) is 5.62. The molecule has 0 amide bonds. The lowest BCUT2D eigenvalue weighted by atomic mass is 10.1. The van der Waals surface area contributed by atoms with Gasteiger partial charge in [0.05, 0.1) is 11.3 Å². The molecule has 0 radical (unpaired) electrons. The number of ether oxygens (including phenoxy) is 1. The number of nitrogens with zero attached hydrogens (tertiary/aromatic N) is 1. The lowest BCUT2D eigenvalue weighted by Crippen LogP contribution is -2.08. The molecule has 1 N–H and O–H groups in total. The fourth-order valence-electron chi connectivity index (χ4n) is 1.96. The third-order valence-electron chi connectivity index (χ3n) is 3.29. The number of aromatic hydroxyl groups is 1. The van der Waals surface area contributed by atoms with Crippen LogP contribution in [0.2, 0.25) is 0 Å². The molecule has 124 valence electrons. The molecule has 0 heterocycles. The summed E-state index contributed by atoms with van der Waals surface area (Å²) in [6, 6.07) is 11.5. The van der Waals surface area contributed by atoms with Crippen molar-refractivity contribution in [2.24, 2.45) is 0 Å². The molecule has 0 atom stereocenters. The molecule has 7 nitrogen and oxygen atoms in total. The van der Waals surface area contributed by atoms with Crippen LogP contribution in [0, 0.1) is 10.1 Å². The largest absolute Gasteiger partial charge is 0.508 e. The molecule has 0 aliphatic heterocycles. The number of ketones is 1. The summed E-state index contributed by atoms with van der Waals surface area (Å²) < 4.78 is 5.03. The first kappa shape index (κ1) is 17.1. The Morgan fingerprint density at radius 3 is 2.21 bits per heavy atom. The summed E-state index contributed by atoms with van der Waals surface area (Å²) in [6.45, 7) is -0.00969. The number of hydrogen-bond donors (Lipinski definition) is 1. The van der Waals surface area contributed by atoms with E-state index in [-0.39, 0.29) is 36.7 Å². The fraction of sp³-hybridized carbons (Fsp3) is 0.176. The molecule has 0 fully saturated rings. The molecule has 2 rings (SSSR count). The van der Waals surface area contributed by atoms with Crippen LogP contribution in [0.1, 0.15) is 28.8 Å². The van der Waals surface area contributed by atoms with E-state index >= 15 is 0 Å². The summed E-state index contributed by atoms with van der Waals surface area (Å²) in [6.07, 6.45) is -0.0590. The zero-order valence-corrected chi connectivity index (χ0v) is 12.7. The molecule has 0 saturated heterocycles. The van der Waals surface area contributed by atoms with Crippen molar-refractivity contribution in [3.05, 3.63) is 69.8 Å². The van der Waals surface area contributed by atoms with E-state index in [4.69, 9.17) is 9.84 Å². The highest BCUT2D eigenvalue weighted by atomic mass is 16.6. The first-order valence-corrected chi connectivity index (χ1v) is 7.17. The van der Waals surface area contributed by atoms with Crippen molar-refractivity contribution >= 4 is 17.4 Å². The molecule has 0 aromatic heterocycles. The van der Waals surface area contributed by atoms with Crippen molar-refractivity contribution in [2.45, 2.75) is 19.4 Å². The predicted octanol–water partition coefficient (Wildman–Crippen LogP) is 3.01. The lowest BCUT2D eigenvalue weighted by molar-refractivity contribution is -0.384. The number of rotatable bonds is 7. The third-order valence-corrected chi connectivity index (χ3v) is 3.29. The van der Waals surface area contributed by atoms with Gasteiger partial charge < -0.3 is 9.84 Å². The van der Waals surface area contributed by atoms with E-state index < -0.39 is 10.9 Å². The summed E-state index contributed by atoms with van der Waals surface area (Å²) in [7, 11) is 0. The normalized spacial score (nSPS) is 10.2. The maximum Gasteiger partial charge on any atom is 0.306 e. The van der Waals surface area contributed by atoms with E-state index in [9.17, 15) is 19.7 Å². The van der Waals surface area contributed by atoms with Crippen LogP contribution in [-0.2, 0) is 16.1 Å². The van der Waals surface area contributed by atoms with Gasteiger partial charge in [-0.25, -0.2) is 0 Å². The minimum atomic E-state index is -0.527. The topological polar surface area (TPSA) is 107 Å². The number of carbonyl (C=O) groups excluding carboxylic acids is 2. The van der Waals surface area contributed by atoms with Gasteiger partial charge in [0.2, 0.25) is 0 Å². The van der Waals surface area contributed by atoms with Crippen LogP contribution < -0.4 is 0 Å². The van der Waals surface area contributed by atoms with Gasteiger partial charge in [-0.2, -0.15) is 0 Å². The van der Waals surface area contributed by atoms with Gasteiger partial charge >= 0.3 is 5.97 Å². The van der Waals surface area contributed by atoms with Crippen LogP contribution in [0.3, 0.4) is 0 Å². The SMILES string of the molecule is O=C(CCC(=O)c1ccc(O)cc1)OCc1ccc([N+](=O)[O-])cc1. The van der Waals surface area contributed by atoms with Gasteiger partial charge in [0.25, 0.3) is 5.69 Å². The van der Waals surface area contributed by atoms with E-state index in [1.807, 2.05) is 0 Å². The Morgan fingerprint density at radius 2 is 1.62 bits per heavy atom. The van der Waals surface area contributed by atoms with Crippen molar-refractivity contribution in [2.75, 3.05) is 0 Å². The second-order valence-electron chi connectivity index (χ2n) is 5.05. The van der Waals surface area contributed by atoms with E-state index in [2.05, 4.69) is 0 Å². The molecule has 0 saturated carbocycles. The van der Waals surface area contributed by atoms with Crippen LogP contribution in [0.4, 0.5) is 5.69 Å². The minimum absolute atomic E-state index is 0.00384. The standard InChI is InChI=1S/C17H15NO6/c19-15-7-3-13(4-8-15)16(20)9-10-17(21)24-11-12-1-5-14(6-2-12)18(22)23/h1-8,19H,9-11H2. The van der Waals surface area contributed by atoms with E-state index in [1.165, 1.54) is 48.5 Å². The smallest absolute Gasteiger partial charge is 0.306 e. The van der Waals surface area contributed by atoms with Crippen LogP contribution in [-0.4, -0.2) is 21.8 Å². The average molecular weight is 329 g/mol. The first-order chi connectivity index (χ1) is 11.5. The van der Waals surface area contributed by atoms with Gasteiger partial charge in [-0.3, -0.25) is 19.7 Å². The number of benzene rings is 2. The maximum absolute atomic E-state index is 11.9. The summed E-state index contributed by atoms with van der Waals surface area (Å²) >= 11 is 0. The van der Waals surface area contributed by atoms with Gasteiger partial charge in [-0.05, 0) is 42.0 Å². The zero-order chi connectivity index (χ0) is 17.5. The number of nitro groups is 1. The number of hydrogen-bond acceptors (Lipinski definition) is 6. The van der Waals surface area contributed by atoms with Crippen LogP contribution in [0.25, 0.3) is 0 Å². The van der Waals surface area contributed by atoms with Gasteiger partial charge in [0, 0.05) is 24.1 Å². The Bertz CT molecular complexity index is 737. The number of phenols is 1. The van der Waals surface area contributed by atoms with Crippen LogP contribution >= 0.6 is 0 Å². The van der Waals surface area contributed by atoms with Crippen LogP contribution in [0.15, 0.2) is 48.5 Å². The van der Waals surface area contributed by atoms with Gasteiger partial charge in [0.15, 0.2) is 5.78 Å². The first-order valence-electron chi connectivity index (χ1n) is 7.17. The van der Waals surface area contributed by atoms with E-state index in [1.54, 1.807) is 0 Å². The van der Waals surface area contributed by atoms with Crippen molar-refractivity contribution in [1.82, 2.24) is 0 Å². The Hall–Kier alpha value is -3.22. The molecule has 0 unspecified atom stereocenters. The number of non-ortho nitro benzene ring substituents is 1. The summed E-state index contributed by atoms with van der Waals surface area (Å²) in [5.74, 6) is -0.683. The summed E-state index contributed by atoms with van der Waals surface area (Å²) in [5, 5.41) is 19.7. The number of Topliss-reactive ketones (excluding diaryl/α,β-unsaturated/α-hetero) is 1. The summed E-state index contributed by atoms with van der Waals surface area (Å²) in [5.41, 5.74) is 0.999. The third kappa shape index (κ3) is 4.91. The minimum Gasteiger partial charge on any atom is -0.508 e. The second kappa shape index (κ2) is 7.87. The molecular weight excluding hydrogens is 314 g/mol. The molecule has 0 aliphatic rings. The Labute approximate surface area is 137 Å². The summed E-state index contributed by atoms with van der Waals surface area (Å²) in [4.78, 5) is 33.6. The highest BCUT2D eigenvalue weighted by Crippen LogP contribution is 2.14. The van der Waals surface area contributed by atoms with Crippen molar-refractivity contribution < 1.29 is 24.4 Å². The quantitative estimate of drug-likeness (QED) is 0.362. The fourth-order valence-corrected chi connectivity index (χ4v) is 1.96. The molecule has 0 aliphatic carbocycles. The highest BCUT2D eigenvalue weighted by Gasteiger charge is 2.11. The Balaban J connectivity index is 1.77.